The molecule has 1 N–H and O–H groups in total. The number of nitriles is 1. The summed E-state index contributed by atoms with van der Waals surface area (Å²) in [6.07, 6.45) is 15.5. The highest BCUT2D eigenvalue weighted by molar-refractivity contribution is 5.90. The molecule has 4 heteroatoms. The number of rotatable bonds is 16. The Balaban J connectivity index is 2.00. The number of ether oxygens (including phenoxy) is 1. The number of hydrogen-bond donors (Lipinski definition) is 1. The van der Waals surface area contributed by atoms with Crippen molar-refractivity contribution in [1.29, 1.82) is 5.26 Å². The third-order valence-corrected chi connectivity index (χ3v) is 4.95. The van der Waals surface area contributed by atoms with Gasteiger partial charge in [0.1, 0.15) is 6.07 Å². The van der Waals surface area contributed by atoms with E-state index in [1.807, 2.05) is 18.2 Å². The van der Waals surface area contributed by atoms with E-state index in [2.05, 4.69) is 12.2 Å². The highest BCUT2D eigenvalue weighted by Crippen LogP contribution is 2.13. The molecule has 0 radical (unpaired) electrons. The lowest BCUT2D eigenvalue weighted by Gasteiger charge is -2.08. The van der Waals surface area contributed by atoms with Gasteiger partial charge < -0.3 is 10.1 Å². The van der Waals surface area contributed by atoms with E-state index in [1.54, 1.807) is 19.1 Å². The van der Waals surface area contributed by atoms with Crippen LogP contribution in [-0.2, 0) is 4.74 Å². The second-order valence-corrected chi connectivity index (χ2v) is 7.57. The molecule has 28 heavy (non-hydrogen) atoms. The average molecular weight is 387 g/mol. The van der Waals surface area contributed by atoms with Gasteiger partial charge in [0.25, 0.3) is 0 Å². The summed E-state index contributed by atoms with van der Waals surface area (Å²) in [5.41, 5.74) is 1.48. The third-order valence-electron chi connectivity index (χ3n) is 4.95. The lowest BCUT2D eigenvalue weighted by atomic mass is 10.1. The summed E-state index contributed by atoms with van der Waals surface area (Å²) < 4.78 is 4.99. The first-order valence-corrected chi connectivity index (χ1v) is 11.1. The van der Waals surface area contributed by atoms with Crippen molar-refractivity contribution in [3.63, 3.8) is 0 Å². The number of esters is 1. The molecule has 156 valence electrons. The topological polar surface area (TPSA) is 62.1 Å². The largest absolute Gasteiger partial charge is 0.444 e. The zero-order valence-electron chi connectivity index (χ0n) is 17.8. The van der Waals surface area contributed by atoms with Crippen LogP contribution in [-0.4, -0.2) is 18.6 Å². The van der Waals surface area contributed by atoms with Gasteiger partial charge >= 0.3 is 5.97 Å². The van der Waals surface area contributed by atoms with Gasteiger partial charge in [-0.2, -0.15) is 5.26 Å². The molecule has 0 saturated carbocycles. The van der Waals surface area contributed by atoms with Gasteiger partial charge in [-0.3, -0.25) is 0 Å². The monoisotopic (exact) mass is 386 g/mol. The van der Waals surface area contributed by atoms with Gasteiger partial charge in [-0.15, -0.1) is 0 Å². The van der Waals surface area contributed by atoms with Crippen LogP contribution in [0, 0.1) is 11.3 Å². The smallest absolute Gasteiger partial charge is 0.339 e. The van der Waals surface area contributed by atoms with Crippen molar-refractivity contribution in [2.45, 2.75) is 97.0 Å². The van der Waals surface area contributed by atoms with E-state index in [4.69, 9.17) is 10.00 Å². The standard InChI is InChI=1S/C24H38N2O2/c1-3-4-5-6-7-8-9-10-11-12-13-14-19-26-23-17-15-22(16-18-23)24(27)28-21(2)20-25/h15-18,21,26H,3-14,19H2,1-2H3. The first kappa shape index (κ1) is 24.0. The lowest BCUT2D eigenvalue weighted by molar-refractivity contribution is 0.0435. The number of nitrogens with one attached hydrogen (secondary N) is 1. The van der Waals surface area contributed by atoms with Crippen LogP contribution >= 0.6 is 0 Å². The van der Waals surface area contributed by atoms with Crippen molar-refractivity contribution in [2.75, 3.05) is 11.9 Å². The minimum Gasteiger partial charge on any atom is -0.444 e. The molecule has 1 aromatic carbocycles. The Labute approximate surface area is 171 Å². The first-order valence-electron chi connectivity index (χ1n) is 11.1. The van der Waals surface area contributed by atoms with Crippen LogP contribution < -0.4 is 5.32 Å². The fourth-order valence-corrected chi connectivity index (χ4v) is 3.18. The van der Waals surface area contributed by atoms with E-state index >= 15 is 0 Å². The SMILES string of the molecule is CCCCCCCCCCCCCCNc1ccc(C(=O)OC(C)C#N)cc1. The van der Waals surface area contributed by atoms with Crippen LogP contribution in [0.4, 0.5) is 5.69 Å². The lowest BCUT2D eigenvalue weighted by Crippen LogP contribution is -2.13. The zero-order chi connectivity index (χ0) is 20.5. The quantitative estimate of drug-likeness (QED) is 0.249. The molecule has 4 nitrogen and oxygen atoms in total. The predicted molar refractivity (Wildman–Crippen MR) is 117 cm³/mol. The Bertz CT molecular complexity index is 563. The van der Waals surface area contributed by atoms with Crippen LogP contribution in [0.2, 0.25) is 0 Å². The van der Waals surface area contributed by atoms with Crippen molar-refractivity contribution >= 4 is 11.7 Å². The normalized spacial score (nSPS) is 11.6. The molecular formula is C24H38N2O2. The van der Waals surface area contributed by atoms with Crippen molar-refractivity contribution in [1.82, 2.24) is 0 Å². The molecule has 0 heterocycles. The second kappa shape index (κ2) is 16.0. The maximum absolute atomic E-state index is 11.8. The van der Waals surface area contributed by atoms with Gasteiger partial charge in [0.2, 0.25) is 0 Å². The number of nitrogens with zero attached hydrogens (tertiary/aromatic N) is 1. The maximum Gasteiger partial charge on any atom is 0.339 e. The molecule has 1 aromatic rings. The fourth-order valence-electron chi connectivity index (χ4n) is 3.18. The third kappa shape index (κ3) is 11.6. The molecule has 1 rings (SSSR count). The van der Waals surface area contributed by atoms with Crippen LogP contribution in [0.25, 0.3) is 0 Å². The highest BCUT2D eigenvalue weighted by Gasteiger charge is 2.10. The van der Waals surface area contributed by atoms with Crippen LogP contribution in [0.3, 0.4) is 0 Å². The summed E-state index contributed by atoms with van der Waals surface area (Å²) in [4.78, 5) is 11.8. The molecule has 0 bridgehead atoms. The van der Waals surface area contributed by atoms with E-state index in [0.717, 1.165) is 12.2 Å². The minimum atomic E-state index is -0.726. The summed E-state index contributed by atoms with van der Waals surface area (Å²) in [6.45, 7) is 4.78. The molecule has 1 unspecified atom stereocenters. The van der Waals surface area contributed by atoms with Crippen LogP contribution in [0.1, 0.15) is 101 Å². The fraction of sp³-hybridized carbons (Fsp3) is 0.667. The molecule has 0 fully saturated rings. The van der Waals surface area contributed by atoms with Gasteiger partial charge in [0.05, 0.1) is 5.56 Å². The zero-order valence-corrected chi connectivity index (χ0v) is 17.8. The van der Waals surface area contributed by atoms with E-state index in [0.29, 0.717) is 5.56 Å². The van der Waals surface area contributed by atoms with Gasteiger partial charge in [-0.25, -0.2) is 4.79 Å². The van der Waals surface area contributed by atoms with Gasteiger partial charge in [0, 0.05) is 12.2 Å². The van der Waals surface area contributed by atoms with E-state index in [9.17, 15) is 4.79 Å². The van der Waals surface area contributed by atoms with E-state index < -0.39 is 12.1 Å². The minimum absolute atomic E-state index is 0.457. The van der Waals surface area contributed by atoms with E-state index in [1.165, 1.54) is 77.0 Å². The number of carbonyl (C=O) groups is 1. The highest BCUT2D eigenvalue weighted by atomic mass is 16.5. The molecular weight excluding hydrogens is 348 g/mol. The van der Waals surface area contributed by atoms with E-state index in [-0.39, 0.29) is 0 Å². The maximum atomic E-state index is 11.8. The summed E-state index contributed by atoms with van der Waals surface area (Å²) in [6, 6.07) is 9.12. The number of anilines is 1. The van der Waals surface area contributed by atoms with Crippen molar-refractivity contribution in [3.8, 4) is 6.07 Å². The number of carbonyl (C=O) groups excluding carboxylic acids is 1. The molecule has 1 atom stereocenters. The van der Waals surface area contributed by atoms with Crippen LogP contribution in [0.15, 0.2) is 24.3 Å². The molecule has 0 aliphatic carbocycles. The summed E-state index contributed by atoms with van der Waals surface area (Å²) in [5.74, 6) is -0.457. The average Bonchev–Trinajstić information content (AvgIpc) is 2.71. The van der Waals surface area contributed by atoms with Crippen molar-refractivity contribution in [3.05, 3.63) is 29.8 Å². The Kier molecular flexibility index (Phi) is 13.7. The van der Waals surface area contributed by atoms with Gasteiger partial charge in [0.15, 0.2) is 6.10 Å². The molecule has 0 aliphatic heterocycles. The predicted octanol–water partition coefficient (Wildman–Crippen LogP) is 6.87. The molecule has 0 saturated heterocycles. The number of hydrogen-bond acceptors (Lipinski definition) is 4. The molecule has 0 spiro atoms. The van der Waals surface area contributed by atoms with Crippen molar-refractivity contribution in [2.24, 2.45) is 0 Å². The Morgan fingerprint density at radius 1 is 0.929 bits per heavy atom. The number of benzene rings is 1. The van der Waals surface area contributed by atoms with Crippen molar-refractivity contribution < 1.29 is 9.53 Å². The summed E-state index contributed by atoms with van der Waals surface area (Å²) in [7, 11) is 0. The Morgan fingerprint density at radius 3 is 1.93 bits per heavy atom. The molecule has 0 aliphatic rings. The van der Waals surface area contributed by atoms with Crippen LogP contribution in [0.5, 0.6) is 0 Å². The Hall–Kier alpha value is -2.02. The van der Waals surface area contributed by atoms with Gasteiger partial charge in [-0.1, -0.05) is 77.6 Å². The van der Waals surface area contributed by atoms with Gasteiger partial charge in [-0.05, 0) is 37.6 Å². The number of unbranched alkanes of at least 4 members (excludes halogenated alkanes) is 11. The second-order valence-electron chi connectivity index (χ2n) is 7.57. The molecule has 0 aromatic heterocycles. The summed E-state index contributed by atoms with van der Waals surface area (Å²) in [5, 5.41) is 12.1. The summed E-state index contributed by atoms with van der Waals surface area (Å²) >= 11 is 0. The Morgan fingerprint density at radius 2 is 1.43 bits per heavy atom. The first-order chi connectivity index (χ1) is 13.7. The molecule has 0 amide bonds.